The molecule has 2 amide bonds. The highest BCUT2D eigenvalue weighted by Gasteiger charge is 2.51. The van der Waals surface area contributed by atoms with Crippen LogP contribution in [-0.4, -0.2) is 30.1 Å². The van der Waals surface area contributed by atoms with Crippen molar-refractivity contribution in [3.8, 4) is 0 Å². The smallest absolute Gasteiger partial charge is 0.351 e. The zero-order valence-electron chi connectivity index (χ0n) is 18.9. The number of rotatable bonds is 8. The molecule has 192 valence electrons. The van der Waals surface area contributed by atoms with Crippen molar-refractivity contribution in [2.24, 2.45) is 0 Å². The molecule has 1 unspecified atom stereocenters. The first-order valence-corrected chi connectivity index (χ1v) is 11.8. The van der Waals surface area contributed by atoms with Crippen molar-refractivity contribution < 1.29 is 27.2 Å². The molecule has 2 aromatic rings. The number of nitrogens with one attached hydrogen (secondary N) is 2. The van der Waals surface area contributed by atoms with Gasteiger partial charge in [0.25, 0.3) is 5.91 Å². The van der Waals surface area contributed by atoms with Crippen LogP contribution in [0.5, 0.6) is 0 Å². The second-order valence-electron chi connectivity index (χ2n) is 8.40. The number of allylic oxidation sites excluding steroid dienone is 1. The molecule has 0 spiro atoms. The van der Waals surface area contributed by atoms with Crippen molar-refractivity contribution in [1.29, 1.82) is 0 Å². The van der Waals surface area contributed by atoms with Gasteiger partial charge in [-0.05, 0) is 61.2 Å². The molecule has 1 aliphatic rings. The number of aryl methyl sites for hydroxylation is 1. The van der Waals surface area contributed by atoms with Gasteiger partial charge in [-0.2, -0.15) is 13.2 Å². The maximum absolute atomic E-state index is 15.0. The average molecular weight is 564 g/mol. The molecular formula is C25H21Cl3F4N2O2. The third-order valence-corrected chi connectivity index (χ3v) is 6.92. The van der Waals surface area contributed by atoms with Gasteiger partial charge in [0.05, 0.1) is 15.1 Å². The molecule has 0 heterocycles. The lowest BCUT2D eigenvalue weighted by atomic mass is 9.95. The van der Waals surface area contributed by atoms with Crippen LogP contribution in [0.3, 0.4) is 0 Å². The summed E-state index contributed by atoms with van der Waals surface area (Å²) in [6.45, 7) is 5.29. The lowest BCUT2D eigenvalue weighted by Crippen LogP contribution is -2.49. The minimum absolute atomic E-state index is 0.108. The Bertz CT molecular complexity index is 1220. The molecule has 11 heteroatoms. The van der Waals surface area contributed by atoms with Gasteiger partial charge in [0.2, 0.25) is 5.91 Å². The fraction of sp³-hybridized carbons (Fsp3) is 0.280. The fourth-order valence-electron chi connectivity index (χ4n) is 3.60. The summed E-state index contributed by atoms with van der Waals surface area (Å²) in [6.07, 6.45) is -1.99. The molecule has 1 fully saturated rings. The van der Waals surface area contributed by atoms with Crippen molar-refractivity contribution in [2.45, 2.75) is 37.4 Å². The number of amides is 2. The summed E-state index contributed by atoms with van der Waals surface area (Å²) in [7, 11) is 0. The first-order valence-electron chi connectivity index (χ1n) is 10.7. The van der Waals surface area contributed by atoms with Gasteiger partial charge in [0, 0.05) is 17.7 Å². The molecule has 2 aromatic carbocycles. The van der Waals surface area contributed by atoms with E-state index in [2.05, 4.69) is 17.2 Å². The topological polar surface area (TPSA) is 58.2 Å². The van der Waals surface area contributed by atoms with E-state index in [1.165, 1.54) is 31.2 Å². The van der Waals surface area contributed by atoms with Crippen LogP contribution in [-0.2, 0) is 4.79 Å². The van der Waals surface area contributed by atoms with E-state index in [9.17, 15) is 22.8 Å². The van der Waals surface area contributed by atoms with Crippen molar-refractivity contribution in [3.63, 3.8) is 0 Å². The zero-order chi connectivity index (χ0) is 26.8. The van der Waals surface area contributed by atoms with Crippen molar-refractivity contribution in [1.82, 2.24) is 10.6 Å². The second kappa shape index (κ2) is 10.8. The summed E-state index contributed by atoms with van der Waals surface area (Å²) in [4.78, 5) is 25.1. The molecule has 2 N–H and O–H groups in total. The third kappa shape index (κ3) is 6.22. The summed E-state index contributed by atoms with van der Waals surface area (Å²) >= 11 is 17.5. The zero-order valence-corrected chi connectivity index (χ0v) is 21.2. The number of halogens is 7. The van der Waals surface area contributed by atoms with E-state index in [0.29, 0.717) is 24.5 Å². The quantitative estimate of drug-likeness (QED) is 0.203. The summed E-state index contributed by atoms with van der Waals surface area (Å²) < 4.78 is 56.3. The number of alkyl halides is 3. The van der Waals surface area contributed by atoms with Crippen LogP contribution in [0.1, 0.15) is 45.8 Å². The van der Waals surface area contributed by atoms with Gasteiger partial charge < -0.3 is 10.6 Å². The van der Waals surface area contributed by atoms with Crippen LogP contribution in [0.25, 0.3) is 5.83 Å². The predicted octanol–water partition coefficient (Wildman–Crippen LogP) is 7.18. The minimum atomic E-state index is -4.85. The van der Waals surface area contributed by atoms with Crippen LogP contribution >= 0.6 is 34.8 Å². The Kier molecular flexibility index (Phi) is 8.43. The first kappa shape index (κ1) is 28.0. The second-order valence-corrected chi connectivity index (χ2v) is 9.59. The van der Waals surface area contributed by atoms with E-state index >= 15 is 4.39 Å². The molecule has 0 radical (unpaired) electrons. The summed E-state index contributed by atoms with van der Waals surface area (Å²) in [5.41, 5.74) is -1.07. The van der Waals surface area contributed by atoms with Gasteiger partial charge in [0.1, 0.15) is 17.3 Å². The Morgan fingerprint density at radius 2 is 1.75 bits per heavy atom. The van der Waals surface area contributed by atoms with Crippen LogP contribution in [0, 0.1) is 6.92 Å². The van der Waals surface area contributed by atoms with Gasteiger partial charge >= 0.3 is 6.18 Å². The van der Waals surface area contributed by atoms with Gasteiger partial charge in [-0.25, -0.2) is 4.39 Å². The predicted molar refractivity (Wildman–Crippen MR) is 133 cm³/mol. The Morgan fingerprint density at radius 1 is 1.14 bits per heavy atom. The largest absolute Gasteiger partial charge is 0.399 e. The third-order valence-electron chi connectivity index (χ3n) is 5.72. The normalized spacial score (nSPS) is 15.7. The summed E-state index contributed by atoms with van der Waals surface area (Å²) in [6, 6.07) is 5.71. The van der Waals surface area contributed by atoms with Gasteiger partial charge in [0.15, 0.2) is 0 Å². The number of carbonyl (C=O) groups excluding carboxylic acids is 2. The van der Waals surface area contributed by atoms with E-state index in [1.807, 2.05) is 0 Å². The van der Waals surface area contributed by atoms with Gasteiger partial charge in [-0.1, -0.05) is 46.9 Å². The Morgan fingerprint density at radius 3 is 2.25 bits per heavy atom. The molecule has 0 saturated heterocycles. The maximum Gasteiger partial charge on any atom is 0.399 e. The Balaban J connectivity index is 1.86. The standard InChI is InChI=1S/C25H21Cl3F4N2O2/c1-3-8-33-23(36)24(6-7-24)34-22(35)16-5-4-14(9-13(16)2)20(29)12-17(25(30,31)32)15-10-18(26)21(28)19(27)11-15/h3-5,9-12,17H,1,6-8H2,2H3,(H,33,36)(H,34,35)/b20-12-. The van der Waals surface area contributed by atoms with Gasteiger partial charge in [-0.3, -0.25) is 9.59 Å². The molecule has 0 aromatic heterocycles. The highest BCUT2D eigenvalue weighted by molar-refractivity contribution is 6.48. The Labute approximate surface area is 220 Å². The van der Waals surface area contributed by atoms with Crippen molar-refractivity contribution in [3.05, 3.63) is 86.4 Å². The van der Waals surface area contributed by atoms with Crippen molar-refractivity contribution in [2.75, 3.05) is 6.54 Å². The number of carbonyl (C=O) groups is 2. The van der Waals surface area contributed by atoms with E-state index in [4.69, 9.17) is 34.8 Å². The molecule has 1 atom stereocenters. The lowest BCUT2D eigenvalue weighted by Gasteiger charge is -2.19. The molecule has 1 aliphatic carbocycles. The van der Waals surface area contributed by atoms with E-state index in [0.717, 1.165) is 12.1 Å². The SMILES string of the molecule is C=CCNC(=O)C1(NC(=O)c2ccc(/C(F)=C/C(c3cc(Cl)c(Cl)c(Cl)c3)C(F)(F)F)cc2C)CC1. The number of hydrogen-bond acceptors (Lipinski definition) is 2. The highest BCUT2D eigenvalue weighted by atomic mass is 35.5. The van der Waals surface area contributed by atoms with Crippen LogP contribution in [0.15, 0.2) is 49.1 Å². The molecule has 1 saturated carbocycles. The highest BCUT2D eigenvalue weighted by Crippen LogP contribution is 2.42. The summed E-state index contributed by atoms with van der Waals surface area (Å²) in [5.74, 6) is -4.39. The van der Waals surface area contributed by atoms with Gasteiger partial charge in [-0.15, -0.1) is 6.58 Å². The fourth-order valence-corrected chi connectivity index (χ4v) is 4.21. The van der Waals surface area contributed by atoms with E-state index in [-0.39, 0.29) is 44.2 Å². The molecule has 0 aliphatic heterocycles. The van der Waals surface area contributed by atoms with Crippen LogP contribution in [0.4, 0.5) is 17.6 Å². The summed E-state index contributed by atoms with van der Waals surface area (Å²) in [5, 5.41) is 4.84. The van der Waals surface area contributed by atoms with Crippen LogP contribution < -0.4 is 10.6 Å². The number of hydrogen-bond donors (Lipinski definition) is 2. The van der Waals surface area contributed by atoms with Crippen molar-refractivity contribution >= 4 is 52.4 Å². The minimum Gasteiger partial charge on any atom is -0.351 e. The van der Waals surface area contributed by atoms with E-state index in [1.54, 1.807) is 0 Å². The molecule has 0 bridgehead atoms. The molecule has 4 nitrogen and oxygen atoms in total. The first-order chi connectivity index (χ1) is 16.8. The maximum atomic E-state index is 15.0. The lowest BCUT2D eigenvalue weighted by molar-refractivity contribution is -0.139. The number of benzene rings is 2. The van der Waals surface area contributed by atoms with E-state index < -0.39 is 29.4 Å². The average Bonchev–Trinajstić information content (AvgIpc) is 3.58. The van der Waals surface area contributed by atoms with Crippen LogP contribution in [0.2, 0.25) is 15.1 Å². The molecule has 3 rings (SSSR count). The Hall–Kier alpha value is -2.55. The molecule has 36 heavy (non-hydrogen) atoms. The monoisotopic (exact) mass is 562 g/mol. The molecular weight excluding hydrogens is 543 g/mol.